The molecule has 0 spiro atoms. The molecule has 0 aliphatic rings. The number of thioether (sulfide) groups is 1. The number of hydrogen-bond donors (Lipinski definition) is 2. The highest BCUT2D eigenvalue weighted by Crippen LogP contribution is 2.29. The van der Waals surface area contributed by atoms with Gasteiger partial charge >= 0.3 is 5.51 Å². The van der Waals surface area contributed by atoms with Crippen molar-refractivity contribution < 1.29 is 13.2 Å². The van der Waals surface area contributed by atoms with Crippen molar-refractivity contribution in [1.29, 1.82) is 0 Å². The molecule has 1 aromatic heterocycles. The van der Waals surface area contributed by atoms with Crippen LogP contribution in [0, 0.1) is 13.8 Å². The first-order valence-corrected chi connectivity index (χ1v) is 6.29. The van der Waals surface area contributed by atoms with Crippen LogP contribution >= 0.6 is 11.8 Å². The van der Waals surface area contributed by atoms with Crippen LogP contribution in [0.1, 0.15) is 11.4 Å². The number of aromatic nitrogens is 2. The topological polar surface area (TPSA) is 49.8 Å². The largest absolute Gasteiger partial charge is 0.441 e. The van der Waals surface area contributed by atoms with Gasteiger partial charge in [-0.25, -0.2) is 9.97 Å². The Morgan fingerprint density at radius 1 is 1.17 bits per heavy atom. The molecule has 1 rings (SSSR count). The minimum absolute atomic E-state index is 0.0487. The molecule has 0 amide bonds. The summed E-state index contributed by atoms with van der Waals surface area (Å²) in [5, 5.41) is 5.80. The van der Waals surface area contributed by atoms with Gasteiger partial charge in [-0.1, -0.05) is 0 Å². The van der Waals surface area contributed by atoms with E-state index in [1.54, 1.807) is 14.0 Å². The number of aryl methyl sites for hydroxylation is 1. The van der Waals surface area contributed by atoms with Crippen LogP contribution in [0.5, 0.6) is 0 Å². The lowest BCUT2D eigenvalue weighted by Gasteiger charge is -2.12. The molecule has 0 unspecified atom stereocenters. The third-order valence-electron chi connectivity index (χ3n) is 2.15. The van der Waals surface area contributed by atoms with Crippen molar-refractivity contribution in [2.75, 3.05) is 30.0 Å². The molecule has 0 atom stereocenters. The van der Waals surface area contributed by atoms with Crippen LogP contribution in [0.2, 0.25) is 0 Å². The van der Waals surface area contributed by atoms with E-state index in [2.05, 4.69) is 20.6 Å². The molecule has 0 aliphatic heterocycles. The highest BCUT2D eigenvalue weighted by Gasteiger charge is 2.27. The number of alkyl halides is 3. The van der Waals surface area contributed by atoms with Crippen molar-refractivity contribution in [1.82, 2.24) is 9.97 Å². The Morgan fingerprint density at radius 2 is 1.78 bits per heavy atom. The maximum absolute atomic E-state index is 11.9. The highest BCUT2D eigenvalue weighted by molar-refractivity contribution is 8.00. The Balaban J connectivity index is 2.59. The van der Waals surface area contributed by atoms with E-state index in [0.29, 0.717) is 17.5 Å². The number of halogens is 3. The van der Waals surface area contributed by atoms with E-state index in [1.807, 2.05) is 6.92 Å². The number of nitrogens with zero attached hydrogens (tertiary/aromatic N) is 2. The molecule has 4 nitrogen and oxygen atoms in total. The molecule has 0 saturated heterocycles. The first-order valence-electron chi connectivity index (χ1n) is 5.31. The zero-order valence-corrected chi connectivity index (χ0v) is 11.2. The second-order valence-electron chi connectivity index (χ2n) is 3.56. The van der Waals surface area contributed by atoms with Crippen LogP contribution in [0.25, 0.3) is 0 Å². The summed E-state index contributed by atoms with van der Waals surface area (Å²) in [6, 6.07) is 0. The van der Waals surface area contributed by atoms with Gasteiger partial charge in [-0.05, 0) is 25.6 Å². The summed E-state index contributed by atoms with van der Waals surface area (Å²) in [5.74, 6) is 1.75. The van der Waals surface area contributed by atoms with Crippen molar-refractivity contribution in [3.05, 3.63) is 11.4 Å². The molecule has 2 N–H and O–H groups in total. The summed E-state index contributed by atoms with van der Waals surface area (Å²) >= 11 is -0.0487. The lowest BCUT2D eigenvalue weighted by atomic mass is 10.3. The molecular weight excluding hydrogens is 265 g/mol. The summed E-state index contributed by atoms with van der Waals surface area (Å²) in [6.07, 6.45) is 0. The van der Waals surface area contributed by atoms with Gasteiger partial charge in [-0.15, -0.1) is 0 Å². The van der Waals surface area contributed by atoms with Crippen LogP contribution in [0.4, 0.5) is 24.8 Å². The van der Waals surface area contributed by atoms with E-state index >= 15 is 0 Å². The molecule has 0 bridgehead atoms. The monoisotopic (exact) mass is 280 g/mol. The smallest absolute Gasteiger partial charge is 0.373 e. The molecule has 0 radical (unpaired) electrons. The van der Waals surface area contributed by atoms with Crippen molar-refractivity contribution in [3.8, 4) is 0 Å². The molecule has 1 heterocycles. The van der Waals surface area contributed by atoms with Crippen LogP contribution in [-0.4, -0.2) is 34.8 Å². The molecule has 102 valence electrons. The standard InChI is InChI=1S/C10H15F3N4S/c1-6-8(14-3)16-7(2)17-9(6)15-4-5-18-10(11,12)13/h4-5H2,1-3H3,(H2,14,15,16,17). The summed E-state index contributed by atoms with van der Waals surface area (Å²) < 4.78 is 35.8. The van der Waals surface area contributed by atoms with Crippen LogP contribution in [0.3, 0.4) is 0 Å². The van der Waals surface area contributed by atoms with Crippen LogP contribution < -0.4 is 10.6 Å². The summed E-state index contributed by atoms with van der Waals surface area (Å²) in [4.78, 5) is 8.33. The van der Waals surface area contributed by atoms with Crippen molar-refractivity contribution in [2.24, 2.45) is 0 Å². The van der Waals surface area contributed by atoms with Crippen LogP contribution in [0.15, 0.2) is 0 Å². The van der Waals surface area contributed by atoms with E-state index in [1.165, 1.54) is 0 Å². The molecule has 0 aromatic carbocycles. The van der Waals surface area contributed by atoms with Gasteiger partial charge in [-0.2, -0.15) is 13.2 Å². The van der Waals surface area contributed by atoms with Crippen molar-refractivity contribution in [3.63, 3.8) is 0 Å². The predicted molar refractivity (Wildman–Crippen MR) is 68.1 cm³/mol. The van der Waals surface area contributed by atoms with Gasteiger partial charge in [0.2, 0.25) is 0 Å². The number of anilines is 2. The quantitative estimate of drug-likeness (QED) is 0.812. The average molecular weight is 280 g/mol. The fourth-order valence-corrected chi connectivity index (χ4v) is 1.82. The van der Waals surface area contributed by atoms with Crippen molar-refractivity contribution in [2.45, 2.75) is 19.4 Å². The van der Waals surface area contributed by atoms with Gasteiger partial charge in [0.05, 0.1) is 0 Å². The minimum Gasteiger partial charge on any atom is -0.373 e. The second kappa shape index (κ2) is 6.12. The number of nitrogens with one attached hydrogen (secondary N) is 2. The number of rotatable bonds is 5. The van der Waals surface area contributed by atoms with E-state index in [-0.39, 0.29) is 24.1 Å². The maximum Gasteiger partial charge on any atom is 0.441 e. The first kappa shape index (κ1) is 14.9. The van der Waals surface area contributed by atoms with Crippen LogP contribution in [-0.2, 0) is 0 Å². The molecule has 0 saturated carbocycles. The average Bonchev–Trinajstić information content (AvgIpc) is 2.27. The van der Waals surface area contributed by atoms with E-state index < -0.39 is 5.51 Å². The van der Waals surface area contributed by atoms with Gasteiger partial charge in [0.15, 0.2) is 0 Å². The summed E-state index contributed by atoms with van der Waals surface area (Å²) in [5.41, 5.74) is -3.39. The maximum atomic E-state index is 11.9. The molecule has 0 aliphatic carbocycles. The fourth-order valence-electron chi connectivity index (χ4n) is 1.38. The van der Waals surface area contributed by atoms with E-state index in [4.69, 9.17) is 0 Å². The zero-order chi connectivity index (χ0) is 13.8. The first-order chi connectivity index (χ1) is 8.33. The lowest BCUT2D eigenvalue weighted by Crippen LogP contribution is -2.13. The molecule has 8 heteroatoms. The third kappa shape index (κ3) is 4.59. The molecule has 18 heavy (non-hydrogen) atoms. The Bertz CT molecular complexity index is 409. The Morgan fingerprint density at radius 3 is 2.33 bits per heavy atom. The van der Waals surface area contributed by atoms with Gasteiger partial charge in [-0.3, -0.25) is 0 Å². The Kier molecular flexibility index (Phi) is 5.06. The Hall–Kier alpha value is -1.18. The zero-order valence-electron chi connectivity index (χ0n) is 10.4. The lowest BCUT2D eigenvalue weighted by molar-refractivity contribution is -0.0327. The SMILES string of the molecule is CNc1nc(C)nc(NCCSC(F)(F)F)c1C. The fraction of sp³-hybridized carbons (Fsp3) is 0.600. The highest BCUT2D eigenvalue weighted by atomic mass is 32.2. The van der Waals surface area contributed by atoms with E-state index in [0.717, 1.165) is 5.56 Å². The normalized spacial score (nSPS) is 11.4. The molecular formula is C10H15F3N4S. The van der Waals surface area contributed by atoms with Gasteiger partial charge < -0.3 is 10.6 Å². The molecule has 1 aromatic rings. The van der Waals surface area contributed by atoms with Crippen molar-refractivity contribution >= 4 is 23.4 Å². The van der Waals surface area contributed by atoms with E-state index in [9.17, 15) is 13.2 Å². The summed E-state index contributed by atoms with van der Waals surface area (Å²) in [6.45, 7) is 3.74. The summed E-state index contributed by atoms with van der Waals surface area (Å²) in [7, 11) is 1.73. The number of hydrogen-bond acceptors (Lipinski definition) is 5. The predicted octanol–water partition coefficient (Wildman–Crippen LogP) is 2.80. The van der Waals surface area contributed by atoms with Gasteiger partial charge in [0.1, 0.15) is 17.5 Å². The Labute approximate surface area is 108 Å². The van der Waals surface area contributed by atoms with Gasteiger partial charge in [0, 0.05) is 24.9 Å². The van der Waals surface area contributed by atoms with Gasteiger partial charge in [0.25, 0.3) is 0 Å². The molecule has 0 fully saturated rings. The third-order valence-corrected chi connectivity index (χ3v) is 2.89. The minimum atomic E-state index is -4.19. The second-order valence-corrected chi connectivity index (χ2v) is 4.72.